The van der Waals surface area contributed by atoms with Gasteiger partial charge in [-0.1, -0.05) is 103 Å². The summed E-state index contributed by atoms with van der Waals surface area (Å²) in [6, 6.07) is 34.0. The van der Waals surface area contributed by atoms with E-state index in [1.807, 2.05) is 103 Å². The number of ether oxygens (including phenoxy) is 1. The number of alkyl carbamates (subject to hydrolysis) is 1. The van der Waals surface area contributed by atoms with Gasteiger partial charge in [-0.15, -0.1) is 0 Å². The molecule has 0 unspecified atom stereocenters. The second-order valence-electron chi connectivity index (χ2n) is 15.4. The number of carbonyl (C=O) groups is 3. The molecule has 3 N–H and O–H groups in total. The van der Waals surface area contributed by atoms with Crippen molar-refractivity contribution >= 4 is 17.9 Å². The molecule has 12 heteroatoms. The Bertz CT molecular complexity index is 2490. The number of nitrogens with zero attached hydrogens (tertiary/aromatic N) is 5. The van der Waals surface area contributed by atoms with E-state index in [0.717, 1.165) is 65.0 Å². The number of likely N-dealkylation sites (N-methyl/N-ethyl adjacent to an activating group) is 1. The minimum atomic E-state index is -0.881. The van der Waals surface area contributed by atoms with Crippen molar-refractivity contribution < 1.29 is 19.1 Å². The van der Waals surface area contributed by atoms with Gasteiger partial charge in [0, 0.05) is 18.7 Å². The highest BCUT2D eigenvalue weighted by Gasteiger charge is 2.38. The van der Waals surface area contributed by atoms with Crippen LogP contribution in [0.4, 0.5) is 4.79 Å². The molecule has 6 aromatic rings. The number of amides is 3. The fourth-order valence-electron chi connectivity index (χ4n) is 8.31. The van der Waals surface area contributed by atoms with E-state index >= 15 is 0 Å². The van der Waals surface area contributed by atoms with Gasteiger partial charge in [-0.2, -0.15) is 0 Å². The normalized spacial score (nSPS) is 17.2. The third-order valence-electron chi connectivity index (χ3n) is 11.3. The molecule has 2 aliphatic heterocycles. The van der Waals surface area contributed by atoms with Crippen molar-refractivity contribution in [1.82, 2.24) is 40.0 Å². The number of aromatic amines is 2. The number of nitrogens with one attached hydrogen (secondary N) is 3. The Labute approximate surface area is 350 Å². The van der Waals surface area contributed by atoms with Crippen molar-refractivity contribution in [2.75, 3.05) is 34.3 Å². The van der Waals surface area contributed by atoms with Crippen LogP contribution in [0.25, 0.3) is 22.4 Å². The van der Waals surface area contributed by atoms with Crippen molar-refractivity contribution in [2.45, 2.75) is 49.9 Å². The van der Waals surface area contributed by atoms with E-state index in [0.29, 0.717) is 30.2 Å². The standard InChI is InChI=1S/C48H48N8O4/c1-54(2)43(37-14-8-5-9-15-37)47(58)56-29-11-17-41(56)45-50-31-39(52-45)35-25-23-34(24-26-35)33-21-18-32(19-22-33)20-27-38-30-49-44(51-38)40-16-10-28-55(40)46(57)42(53-48(59)60-3)36-12-6-4-7-13-36/h4-9,12-15,18-19,21-26,30-31,40-43H,10-11,16-17,28-29H2,1-3H3,(H,49,51)(H,50,52)(H,53,59)/t40-,41-,42+,43+/m0/s1. The Hall–Kier alpha value is -6.97. The van der Waals surface area contributed by atoms with Crippen molar-refractivity contribution in [3.63, 3.8) is 0 Å². The molecule has 2 aromatic heterocycles. The summed E-state index contributed by atoms with van der Waals surface area (Å²) in [5, 5.41) is 2.70. The van der Waals surface area contributed by atoms with Crippen LogP contribution >= 0.6 is 0 Å². The van der Waals surface area contributed by atoms with E-state index in [9.17, 15) is 14.4 Å². The third kappa shape index (κ3) is 8.58. The number of hydrogen-bond donors (Lipinski definition) is 3. The van der Waals surface area contributed by atoms with Crippen LogP contribution in [0, 0.1) is 11.8 Å². The van der Waals surface area contributed by atoms with Gasteiger partial charge in [0.15, 0.2) is 0 Å². The van der Waals surface area contributed by atoms with E-state index in [4.69, 9.17) is 9.72 Å². The van der Waals surface area contributed by atoms with Crippen molar-refractivity contribution in [3.8, 4) is 34.2 Å². The van der Waals surface area contributed by atoms with Crippen LogP contribution < -0.4 is 5.32 Å². The smallest absolute Gasteiger partial charge is 0.407 e. The van der Waals surface area contributed by atoms with Crippen LogP contribution in [0.15, 0.2) is 122 Å². The first kappa shape index (κ1) is 39.8. The number of hydrogen-bond acceptors (Lipinski definition) is 7. The van der Waals surface area contributed by atoms with E-state index in [2.05, 4.69) is 68.5 Å². The maximum Gasteiger partial charge on any atom is 0.407 e. The predicted octanol–water partition coefficient (Wildman–Crippen LogP) is 7.59. The first-order valence-electron chi connectivity index (χ1n) is 20.3. The van der Waals surface area contributed by atoms with Gasteiger partial charge in [0.1, 0.15) is 29.4 Å². The summed E-state index contributed by atoms with van der Waals surface area (Å²) < 4.78 is 4.81. The fourth-order valence-corrected chi connectivity index (χ4v) is 8.31. The number of H-pyrrole nitrogens is 2. The molecule has 0 spiro atoms. The fraction of sp³-hybridized carbons (Fsp3) is 0.271. The first-order chi connectivity index (χ1) is 29.3. The first-order valence-corrected chi connectivity index (χ1v) is 20.3. The number of rotatable bonds is 10. The van der Waals surface area contributed by atoms with Crippen LogP contribution in [0.1, 0.15) is 83.9 Å². The zero-order chi connectivity index (χ0) is 41.6. The lowest BCUT2D eigenvalue weighted by molar-refractivity contribution is -0.137. The lowest BCUT2D eigenvalue weighted by atomic mass is 10.0. The van der Waals surface area contributed by atoms with Crippen LogP contribution in [0.2, 0.25) is 0 Å². The Kier molecular flexibility index (Phi) is 11.9. The summed E-state index contributed by atoms with van der Waals surface area (Å²) >= 11 is 0. The number of benzene rings is 4. The molecule has 2 fully saturated rings. The van der Waals surface area contributed by atoms with E-state index in [1.54, 1.807) is 11.1 Å². The van der Waals surface area contributed by atoms with E-state index < -0.39 is 12.1 Å². The Morgan fingerprint density at radius 1 is 0.700 bits per heavy atom. The lowest BCUT2D eigenvalue weighted by Gasteiger charge is -2.31. The average Bonchev–Trinajstić information content (AvgIpc) is 4.13. The quantitative estimate of drug-likeness (QED) is 0.121. The molecule has 2 aliphatic rings. The SMILES string of the molecule is COC(=O)N[C@@H](C(=O)N1CCC[C@H]1c1ncc(C#Cc2ccc(-c3ccc(-c4cnc([C@@H]5CCCN5C(=O)[C@@H](c5ccccc5)N(C)C)[nH]4)cc3)cc2)[nH]1)c1ccccc1. The van der Waals surface area contributed by atoms with Gasteiger partial charge in [-0.3, -0.25) is 14.5 Å². The number of imidazole rings is 2. The maximum atomic E-state index is 13.9. The molecule has 4 atom stereocenters. The third-order valence-corrected chi connectivity index (χ3v) is 11.3. The molecular weight excluding hydrogens is 753 g/mol. The van der Waals surface area contributed by atoms with Crippen molar-refractivity contribution in [2.24, 2.45) is 0 Å². The molecule has 0 aliphatic carbocycles. The summed E-state index contributed by atoms with van der Waals surface area (Å²) in [6.07, 6.45) is 6.24. The minimum absolute atomic E-state index is 0.0927. The Morgan fingerprint density at radius 2 is 1.25 bits per heavy atom. The van der Waals surface area contributed by atoms with Gasteiger partial charge in [-0.05, 0) is 85.6 Å². The highest BCUT2D eigenvalue weighted by molar-refractivity contribution is 5.87. The van der Waals surface area contributed by atoms with Gasteiger partial charge in [0.25, 0.3) is 5.91 Å². The molecule has 3 amide bonds. The second kappa shape index (κ2) is 17.9. The second-order valence-corrected chi connectivity index (χ2v) is 15.4. The van der Waals surface area contributed by atoms with Crippen molar-refractivity contribution in [3.05, 3.63) is 156 Å². The average molecular weight is 801 g/mol. The summed E-state index contributed by atoms with van der Waals surface area (Å²) in [4.78, 5) is 61.8. The van der Waals surface area contributed by atoms with Crippen LogP contribution in [0.5, 0.6) is 0 Å². The molecule has 4 aromatic carbocycles. The van der Waals surface area contributed by atoms with Gasteiger partial charge < -0.3 is 29.8 Å². The largest absolute Gasteiger partial charge is 0.453 e. The molecule has 8 rings (SSSR count). The van der Waals surface area contributed by atoms with Gasteiger partial charge in [0.2, 0.25) is 5.91 Å². The lowest BCUT2D eigenvalue weighted by Crippen LogP contribution is -2.42. The summed E-state index contributed by atoms with van der Waals surface area (Å²) in [6.45, 7) is 1.26. The van der Waals surface area contributed by atoms with Crippen LogP contribution in [0.3, 0.4) is 0 Å². The predicted molar refractivity (Wildman–Crippen MR) is 229 cm³/mol. The highest BCUT2D eigenvalue weighted by atomic mass is 16.5. The van der Waals surface area contributed by atoms with E-state index in [1.165, 1.54) is 7.11 Å². The topological polar surface area (TPSA) is 140 Å². The maximum absolute atomic E-state index is 13.9. The summed E-state index contributed by atoms with van der Waals surface area (Å²) in [5.41, 5.74) is 7.24. The number of likely N-dealkylation sites (tertiary alicyclic amines) is 2. The Balaban J connectivity index is 0.903. The molecule has 0 radical (unpaired) electrons. The molecule has 60 heavy (non-hydrogen) atoms. The zero-order valence-corrected chi connectivity index (χ0v) is 34.0. The summed E-state index contributed by atoms with van der Waals surface area (Å²) in [5.74, 6) is 7.76. The molecule has 0 bridgehead atoms. The molecule has 304 valence electrons. The van der Waals surface area contributed by atoms with Gasteiger partial charge in [-0.25, -0.2) is 14.8 Å². The van der Waals surface area contributed by atoms with E-state index in [-0.39, 0.29) is 29.9 Å². The van der Waals surface area contributed by atoms with Gasteiger partial charge in [0.05, 0.1) is 37.3 Å². The summed E-state index contributed by atoms with van der Waals surface area (Å²) in [7, 11) is 5.18. The van der Waals surface area contributed by atoms with Crippen LogP contribution in [-0.4, -0.2) is 86.8 Å². The number of aromatic nitrogens is 4. The van der Waals surface area contributed by atoms with Crippen LogP contribution in [-0.2, 0) is 14.3 Å². The van der Waals surface area contributed by atoms with Gasteiger partial charge >= 0.3 is 6.09 Å². The monoisotopic (exact) mass is 800 g/mol. The molecule has 12 nitrogen and oxygen atoms in total. The highest BCUT2D eigenvalue weighted by Crippen LogP contribution is 2.36. The minimum Gasteiger partial charge on any atom is -0.453 e. The zero-order valence-electron chi connectivity index (χ0n) is 34.0. The number of methoxy groups -OCH3 is 1. The molecule has 2 saturated heterocycles. The number of carbonyl (C=O) groups excluding carboxylic acids is 3. The Morgan fingerprint density at radius 3 is 1.87 bits per heavy atom. The van der Waals surface area contributed by atoms with Crippen molar-refractivity contribution in [1.29, 1.82) is 0 Å². The molecule has 4 heterocycles. The molecular formula is C48H48N8O4. The molecule has 0 saturated carbocycles.